The summed E-state index contributed by atoms with van der Waals surface area (Å²) in [6.07, 6.45) is 6.64. The van der Waals surface area contributed by atoms with Gasteiger partial charge < -0.3 is 0 Å². The lowest BCUT2D eigenvalue weighted by atomic mass is 10.0. The number of rotatable bonds is 8. The highest BCUT2D eigenvalue weighted by molar-refractivity contribution is 7.99. The van der Waals surface area contributed by atoms with E-state index < -0.39 is 0 Å². The largest absolute Gasteiger partial charge is 0.126 e. The first-order valence-electron chi connectivity index (χ1n) is 6.94. The molecule has 0 saturated carbocycles. The molecule has 96 valence electrons. The van der Waals surface area contributed by atoms with Crippen molar-refractivity contribution in [2.75, 3.05) is 5.75 Å². The number of benzene rings is 1. The van der Waals surface area contributed by atoms with Gasteiger partial charge in [-0.1, -0.05) is 52.2 Å². The van der Waals surface area contributed by atoms with Gasteiger partial charge in [-0.3, -0.25) is 0 Å². The van der Waals surface area contributed by atoms with Crippen LogP contribution < -0.4 is 0 Å². The lowest BCUT2D eigenvalue weighted by Crippen LogP contribution is -1.93. The van der Waals surface area contributed by atoms with Crippen molar-refractivity contribution in [3.05, 3.63) is 29.8 Å². The summed E-state index contributed by atoms with van der Waals surface area (Å²) in [5.74, 6) is 2.02. The molecule has 17 heavy (non-hydrogen) atoms. The van der Waals surface area contributed by atoms with Crippen molar-refractivity contribution in [2.24, 2.45) is 5.92 Å². The van der Waals surface area contributed by atoms with Crippen LogP contribution in [0.1, 0.15) is 52.0 Å². The van der Waals surface area contributed by atoms with E-state index in [9.17, 15) is 0 Å². The van der Waals surface area contributed by atoms with Crippen LogP contribution in [0.5, 0.6) is 0 Å². The van der Waals surface area contributed by atoms with Gasteiger partial charge in [-0.05, 0) is 42.2 Å². The van der Waals surface area contributed by atoms with E-state index in [1.165, 1.54) is 48.3 Å². The minimum atomic E-state index is 0.752. The standard InChI is InChI=1S/C16H26S/c1-4-5-6-7-12-17-16-10-8-15(9-11-16)13-14(2)3/h8-11,14H,4-7,12-13H2,1-3H3. The predicted octanol–water partition coefficient (Wildman–Crippen LogP) is 5.56. The molecule has 1 aromatic carbocycles. The molecule has 0 amide bonds. The fourth-order valence-corrected chi connectivity index (χ4v) is 2.82. The van der Waals surface area contributed by atoms with Gasteiger partial charge in [0.15, 0.2) is 0 Å². The van der Waals surface area contributed by atoms with Crippen LogP contribution in [0.3, 0.4) is 0 Å². The molecule has 0 aromatic heterocycles. The third-order valence-corrected chi connectivity index (χ3v) is 3.93. The van der Waals surface area contributed by atoms with Crippen LogP contribution in [0.2, 0.25) is 0 Å². The number of thioether (sulfide) groups is 1. The average Bonchev–Trinajstić information content (AvgIpc) is 2.30. The molecule has 0 saturated heterocycles. The molecule has 0 aliphatic heterocycles. The molecule has 0 spiro atoms. The monoisotopic (exact) mass is 250 g/mol. The van der Waals surface area contributed by atoms with Crippen LogP contribution >= 0.6 is 11.8 Å². The minimum absolute atomic E-state index is 0.752. The van der Waals surface area contributed by atoms with Crippen molar-refractivity contribution >= 4 is 11.8 Å². The molecule has 0 N–H and O–H groups in total. The second-order valence-corrected chi connectivity index (χ2v) is 6.32. The van der Waals surface area contributed by atoms with Gasteiger partial charge in [0.1, 0.15) is 0 Å². The van der Waals surface area contributed by atoms with E-state index in [2.05, 4.69) is 45.0 Å². The van der Waals surface area contributed by atoms with Gasteiger partial charge in [-0.2, -0.15) is 0 Å². The van der Waals surface area contributed by atoms with Crippen LogP contribution in [0, 0.1) is 5.92 Å². The number of hydrogen-bond donors (Lipinski definition) is 0. The molecule has 0 aliphatic carbocycles. The van der Waals surface area contributed by atoms with E-state index in [0.29, 0.717) is 0 Å². The van der Waals surface area contributed by atoms with Gasteiger partial charge >= 0.3 is 0 Å². The predicted molar refractivity (Wildman–Crippen MR) is 79.9 cm³/mol. The molecule has 1 aromatic rings. The van der Waals surface area contributed by atoms with Crippen LogP contribution in [0.4, 0.5) is 0 Å². The van der Waals surface area contributed by atoms with E-state index >= 15 is 0 Å². The second kappa shape index (κ2) is 8.63. The number of unbranched alkanes of at least 4 members (excludes halogenated alkanes) is 3. The summed E-state index contributed by atoms with van der Waals surface area (Å²) in [7, 11) is 0. The van der Waals surface area contributed by atoms with E-state index in [-0.39, 0.29) is 0 Å². The first-order chi connectivity index (χ1) is 8.22. The fourth-order valence-electron chi connectivity index (χ4n) is 1.91. The summed E-state index contributed by atoms with van der Waals surface area (Å²) in [5, 5.41) is 0. The normalized spacial score (nSPS) is 11.1. The zero-order valence-electron chi connectivity index (χ0n) is 11.5. The third kappa shape index (κ3) is 6.78. The first-order valence-corrected chi connectivity index (χ1v) is 7.92. The Hall–Kier alpha value is -0.430. The van der Waals surface area contributed by atoms with Crippen LogP contribution in [0.15, 0.2) is 29.2 Å². The highest BCUT2D eigenvalue weighted by atomic mass is 32.2. The molecule has 1 rings (SSSR count). The lowest BCUT2D eigenvalue weighted by Gasteiger charge is -2.06. The van der Waals surface area contributed by atoms with E-state index in [1.54, 1.807) is 0 Å². The Labute approximate surface area is 111 Å². The maximum absolute atomic E-state index is 2.29. The van der Waals surface area contributed by atoms with Gasteiger partial charge in [0.05, 0.1) is 0 Å². The van der Waals surface area contributed by atoms with Crippen molar-refractivity contribution in [3.8, 4) is 0 Å². The first kappa shape index (κ1) is 14.6. The van der Waals surface area contributed by atoms with Crippen molar-refractivity contribution in [2.45, 2.75) is 57.8 Å². The molecule has 0 aliphatic rings. The van der Waals surface area contributed by atoms with Gasteiger partial charge in [-0.25, -0.2) is 0 Å². The molecule has 0 atom stereocenters. The zero-order chi connectivity index (χ0) is 12.5. The Morgan fingerprint density at radius 1 is 1.00 bits per heavy atom. The smallest absolute Gasteiger partial charge is 0.00721 e. The summed E-state index contributed by atoms with van der Waals surface area (Å²) < 4.78 is 0. The molecular weight excluding hydrogens is 224 g/mol. The minimum Gasteiger partial charge on any atom is -0.126 e. The lowest BCUT2D eigenvalue weighted by molar-refractivity contribution is 0.647. The van der Waals surface area contributed by atoms with Crippen molar-refractivity contribution in [1.29, 1.82) is 0 Å². The van der Waals surface area contributed by atoms with Crippen LogP contribution in [0.25, 0.3) is 0 Å². The second-order valence-electron chi connectivity index (χ2n) is 5.15. The maximum Gasteiger partial charge on any atom is 0.00721 e. The zero-order valence-corrected chi connectivity index (χ0v) is 12.4. The fraction of sp³-hybridized carbons (Fsp3) is 0.625. The highest BCUT2D eigenvalue weighted by Gasteiger charge is 1.98. The quantitative estimate of drug-likeness (QED) is 0.430. The van der Waals surface area contributed by atoms with E-state index in [0.717, 1.165) is 5.92 Å². The summed E-state index contributed by atoms with van der Waals surface area (Å²) in [4.78, 5) is 1.43. The average molecular weight is 250 g/mol. The van der Waals surface area contributed by atoms with Gasteiger partial charge in [-0.15, -0.1) is 11.8 Å². The summed E-state index contributed by atoms with van der Waals surface area (Å²) in [5.41, 5.74) is 1.47. The molecular formula is C16H26S. The summed E-state index contributed by atoms with van der Waals surface area (Å²) in [6, 6.07) is 9.13. The molecule has 0 radical (unpaired) electrons. The Morgan fingerprint density at radius 2 is 1.71 bits per heavy atom. The van der Waals surface area contributed by atoms with Crippen molar-refractivity contribution in [1.82, 2.24) is 0 Å². The molecule has 1 heteroatoms. The Balaban J connectivity index is 2.25. The summed E-state index contributed by atoms with van der Waals surface area (Å²) >= 11 is 2.00. The van der Waals surface area contributed by atoms with Gasteiger partial charge in [0.2, 0.25) is 0 Å². The third-order valence-electron chi connectivity index (χ3n) is 2.83. The van der Waals surface area contributed by atoms with Crippen LogP contribution in [-0.4, -0.2) is 5.75 Å². The van der Waals surface area contributed by atoms with Crippen molar-refractivity contribution in [3.63, 3.8) is 0 Å². The van der Waals surface area contributed by atoms with E-state index in [1.807, 2.05) is 11.8 Å². The SMILES string of the molecule is CCCCCCSc1ccc(CC(C)C)cc1. The number of hydrogen-bond acceptors (Lipinski definition) is 1. The Morgan fingerprint density at radius 3 is 2.29 bits per heavy atom. The molecule has 0 unspecified atom stereocenters. The molecule has 0 fully saturated rings. The summed E-state index contributed by atoms with van der Waals surface area (Å²) in [6.45, 7) is 6.81. The highest BCUT2D eigenvalue weighted by Crippen LogP contribution is 2.21. The molecule has 0 bridgehead atoms. The Kier molecular flexibility index (Phi) is 7.43. The van der Waals surface area contributed by atoms with Crippen LogP contribution in [-0.2, 0) is 6.42 Å². The van der Waals surface area contributed by atoms with Gasteiger partial charge in [0.25, 0.3) is 0 Å². The van der Waals surface area contributed by atoms with Gasteiger partial charge in [0, 0.05) is 4.90 Å². The maximum atomic E-state index is 2.29. The molecule has 0 heterocycles. The Bertz CT molecular complexity index is 287. The molecule has 0 nitrogen and oxygen atoms in total. The topological polar surface area (TPSA) is 0 Å². The van der Waals surface area contributed by atoms with E-state index in [4.69, 9.17) is 0 Å². The van der Waals surface area contributed by atoms with Crippen molar-refractivity contribution < 1.29 is 0 Å².